The smallest absolute Gasteiger partial charge is 0.410 e. The summed E-state index contributed by atoms with van der Waals surface area (Å²) in [5, 5.41) is 12.1. The number of nitrogens with zero attached hydrogens (tertiary/aromatic N) is 5. The first-order valence-corrected chi connectivity index (χ1v) is 10.6. The van der Waals surface area contributed by atoms with Crippen LogP contribution in [0.15, 0.2) is 17.3 Å². The summed E-state index contributed by atoms with van der Waals surface area (Å²) >= 11 is 0. The van der Waals surface area contributed by atoms with Crippen molar-refractivity contribution in [3.63, 3.8) is 0 Å². The topological polar surface area (TPSA) is 84.6 Å². The second kappa shape index (κ2) is 7.42. The molecular weight excluding hydrogens is 375 g/mol. The summed E-state index contributed by atoms with van der Waals surface area (Å²) in [6.45, 7) is 3.04. The minimum absolute atomic E-state index is 0.00853. The maximum absolute atomic E-state index is 13.3. The van der Waals surface area contributed by atoms with Gasteiger partial charge >= 0.3 is 6.09 Å². The second-order valence-corrected chi connectivity index (χ2v) is 8.44. The van der Waals surface area contributed by atoms with Gasteiger partial charge in [0.1, 0.15) is 24.3 Å². The maximum atomic E-state index is 13.3. The van der Waals surface area contributed by atoms with Crippen molar-refractivity contribution < 1.29 is 13.9 Å². The predicted octanol–water partition coefficient (Wildman–Crippen LogP) is 2.54. The van der Waals surface area contributed by atoms with Crippen molar-refractivity contribution >= 4 is 12.3 Å². The van der Waals surface area contributed by atoms with Gasteiger partial charge in [-0.3, -0.25) is 9.56 Å². The van der Waals surface area contributed by atoms with Crippen molar-refractivity contribution in [2.75, 3.05) is 13.1 Å². The molecule has 0 radical (unpaired) electrons. The third kappa shape index (κ3) is 3.30. The Morgan fingerprint density at radius 2 is 2.14 bits per heavy atom. The number of amides is 1. The van der Waals surface area contributed by atoms with Crippen LogP contribution in [0.4, 0.5) is 9.18 Å². The van der Waals surface area contributed by atoms with E-state index in [9.17, 15) is 9.18 Å². The van der Waals surface area contributed by atoms with E-state index in [0.717, 1.165) is 30.9 Å². The Morgan fingerprint density at radius 3 is 2.93 bits per heavy atom. The molecule has 1 aromatic rings. The van der Waals surface area contributed by atoms with E-state index in [-0.39, 0.29) is 30.3 Å². The van der Waals surface area contributed by atoms with Crippen LogP contribution in [0.1, 0.15) is 62.6 Å². The van der Waals surface area contributed by atoms with Crippen LogP contribution in [0.3, 0.4) is 0 Å². The number of hydrogen-bond donors (Lipinski definition) is 1. The number of aromatic nitrogens is 3. The van der Waals surface area contributed by atoms with Crippen LogP contribution in [0.2, 0.25) is 0 Å². The predicted molar refractivity (Wildman–Crippen MR) is 104 cm³/mol. The van der Waals surface area contributed by atoms with E-state index in [1.165, 1.54) is 0 Å². The summed E-state index contributed by atoms with van der Waals surface area (Å²) in [7, 11) is 0. The summed E-state index contributed by atoms with van der Waals surface area (Å²) < 4.78 is 21.4. The number of carbonyl (C=O) groups is 1. The molecule has 5 atom stereocenters. The molecule has 9 heteroatoms. The lowest BCUT2D eigenvalue weighted by Crippen LogP contribution is -2.40. The van der Waals surface area contributed by atoms with Crippen molar-refractivity contribution in [1.82, 2.24) is 25.0 Å². The van der Waals surface area contributed by atoms with Gasteiger partial charge in [0.05, 0.1) is 12.3 Å². The van der Waals surface area contributed by atoms with Gasteiger partial charge in [0, 0.05) is 19.0 Å². The molecule has 4 heterocycles. The lowest BCUT2D eigenvalue weighted by atomic mass is 9.92. The zero-order valence-corrected chi connectivity index (χ0v) is 16.6. The molecule has 1 aromatic heterocycles. The largest absolute Gasteiger partial charge is 0.446 e. The van der Waals surface area contributed by atoms with Crippen LogP contribution in [0.5, 0.6) is 0 Å². The highest BCUT2D eigenvalue weighted by atomic mass is 19.1. The highest BCUT2D eigenvalue weighted by Gasteiger charge is 2.42. The third-order valence-corrected chi connectivity index (χ3v) is 6.74. The number of fused-ring (bicyclic) bond motifs is 3. The van der Waals surface area contributed by atoms with Gasteiger partial charge in [-0.25, -0.2) is 9.18 Å². The molecule has 2 unspecified atom stereocenters. The summed E-state index contributed by atoms with van der Waals surface area (Å²) in [4.78, 5) is 18.7. The van der Waals surface area contributed by atoms with Crippen LogP contribution in [0.25, 0.3) is 0 Å². The lowest BCUT2D eigenvalue weighted by Gasteiger charge is -2.29. The summed E-state index contributed by atoms with van der Waals surface area (Å²) in [6.07, 6.45) is 7.91. The molecule has 0 bridgehead atoms. The molecule has 1 saturated carbocycles. The zero-order valence-electron chi connectivity index (χ0n) is 16.6. The fourth-order valence-corrected chi connectivity index (χ4v) is 5.11. The molecule has 4 aliphatic rings. The summed E-state index contributed by atoms with van der Waals surface area (Å²) in [6, 6.07) is 0.0844. The van der Waals surface area contributed by atoms with Gasteiger partial charge < -0.3 is 15.0 Å². The minimum Gasteiger partial charge on any atom is -0.446 e. The Bertz CT molecular complexity index is 831. The van der Waals surface area contributed by atoms with E-state index < -0.39 is 6.17 Å². The van der Waals surface area contributed by atoms with Crippen LogP contribution >= 0.6 is 0 Å². The molecule has 156 valence electrons. The lowest BCUT2D eigenvalue weighted by molar-refractivity contribution is 0.0504. The Balaban J connectivity index is 1.31. The molecule has 0 spiro atoms. The number of nitrogens with one attached hydrogen (secondary N) is 1. The monoisotopic (exact) mass is 402 g/mol. The number of hydrogen-bond acceptors (Lipinski definition) is 6. The second-order valence-electron chi connectivity index (χ2n) is 8.44. The molecule has 1 amide bonds. The van der Waals surface area contributed by atoms with Gasteiger partial charge in [0.15, 0.2) is 5.82 Å². The fourth-order valence-electron chi connectivity index (χ4n) is 5.11. The van der Waals surface area contributed by atoms with Crippen molar-refractivity contribution in [1.29, 1.82) is 0 Å². The van der Waals surface area contributed by atoms with Crippen molar-refractivity contribution in [3.8, 4) is 0 Å². The first-order chi connectivity index (χ1) is 14.1. The van der Waals surface area contributed by atoms with Crippen LogP contribution in [-0.2, 0) is 4.74 Å². The first-order valence-electron chi connectivity index (χ1n) is 10.6. The Kier molecular flexibility index (Phi) is 4.75. The average molecular weight is 402 g/mol. The SMILES string of the molecule is CC[C@@H]1C[C@H](OC(=O)N2CCC(F)CC2)C[C@@H]1c1nnc2n1C1C=CNC1N=C2. The number of alkyl halides is 1. The zero-order chi connectivity index (χ0) is 20.0. The normalized spacial score (nSPS) is 33.4. The van der Waals surface area contributed by atoms with Gasteiger partial charge in [-0.15, -0.1) is 10.2 Å². The van der Waals surface area contributed by atoms with Crippen LogP contribution < -0.4 is 5.32 Å². The van der Waals surface area contributed by atoms with Crippen molar-refractivity contribution in [3.05, 3.63) is 23.9 Å². The number of ether oxygens (including phenoxy) is 1. The highest BCUT2D eigenvalue weighted by molar-refractivity contribution is 5.76. The van der Waals surface area contributed by atoms with Gasteiger partial charge in [0.2, 0.25) is 0 Å². The molecule has 3 aliphatic heterocycles. The first kappa shape index (κ1) is 18.6. The highest BCUT2D eigenvalue weighted by Crippen LogP contribution is 2.44. The molecule has 29 heavy (non-hydrogen) atoms. The Morgan fingerprint density at radius 1 is 1.31 bits per heavy atom. The maximum Gasteiger partial charge on any atom is 0.410 e. The number of aliphatic imine (C=N–C) groups is 1. The summed E-state index contributed by atoms with van der Waals surface area (Å²) in [5.74, 6) is 2.31. The Hall–Kier alpha value is -2.45. The summed E-state index contributed by atoms with van der Waals surface area (Å²) in [5.41, 5.74) is 0. The standard InChI is InChI=1S/C20H27FN6O2/c1-2-12-9-14(29-20(28)26-7-4-13(21)5-8-26)10-15(12)19-25-24-17-11-23-18-16(27(17)19)3-6-22-18/h3,6,11-16,18,22H,2,4-5,7-10H2,1H3/t12-,14+,15+,16?,18?/m1/s1. The van der Waals surface area contributed by atoms with Crippen LogP contribution in [-0.4, -0.2) is 63.5 Å². The molecule has 1 N–H and O–H groups in total. The number of piperidine rings is 1. The average Bonchev–Trinajstić information content (AvgIpc) is 3.44. The molecule has 0 aromatic carbocycles. The number of halogens is 1. The van der Waals surface area contributed by atoms with E-state index in [1.807, 2.05) is 6.20 Å². The number of rotatable bonds is 3. The van der Waals surface area contributed by atoms with Crippen molar-refractivity contribution in [2.45, 2.75) is 69.4 Å². The quantitative estimate of drug-likeness (QED) is 0.840. The fraction of sp³-hybridized carbons (Fsp3) is 0.700. The Labute approximate surface area is 169 Å². The van der Waals surface area contributed by atoms with E-state index in [2.05, 4.69) is 38.1 Å². The molecule has 2 fully saturated rings. The van der Waals surface area contributed by atoms with Gasteiger partial charge in [-0.1, -0.05) is 13.3 Å². The minimum atomic E-state index is -0.801. The molecule has 1 aliphatic carbocycles. The molecular formula is C20H27FN6O2. The van der Waals surface area contributed by atoms with E-state index in [4.69, 9.17) is 4.74 Å². The van der Waals surface area contributed by atoms with E-state index in [0.29, 0.717) is 31.8 Å². The number of carbonyl (C=O) groups excluding carboxylic acids is 1. The molecule has 1 saturated heterocycles. The van der Waals surface area contributed by atoms with Gasteiger partial charge in [-0.2, -0.15) is 0 Å². The van der Waals surface area contributed by atoms with E-state index in [1.54, 1.807) is 11.1 Å². The molecule has 5 rings (SSSR count). The number of likely N-dealkylation sites (tertiary alicyclic amines) is 1. The van der Waals surface area contributed by atoms with Crippen molar-refractivity contribution in [2.24, 2.45) is 10.9 Å². The van der Waals surface area contributed by atoms with Crippen LogP contribution in [0, 0.1) is 5.92 Å². The van der Waals surface area contributed by atoms with Gasteiger partial charge in [-0.05, 0) is 43.9 Å². The van der Waals surface area contributed by atoms with E-state index >= 15 is 0 Å². The molecule has 8 nitrogen and oxygen atoms in total. The third-order valence-electron chi connectivity index (χ3n) is 6.74. The van der Waals surface area contributed by atoms with Gasteiger partial charge in [0.25, 0.3) is 0 Å².